The van der Waals surface area contributed by atoms with Gasteiger partial charge >= 0.3 is 5.97 Å². The van der Waals surface area contributed by atoms with Crippen molar-refractivity contribution in [3.05, 3.63) is 52.9 Å². The van der Waals surface area contributed by atoms with Crippen LogP contribution in [-0.4, -0.2) is 28.3 Å². The first-order valence-electron chi connectivity index (χ1n) is 8.53. The van der Waals surface area contributed by atoms with Gasteiger partial charge in [0, 0.05) is 30.1 Å². The van der Waals surface area contributed by atoms with Crippen LogP contribution in [0.15, 0.2) is 30.3 Å². The third kappa shape index (κ3) is 4.81. The van der Waals surface area contributed by atoms with E-state index in [4.69, 9.17) is 4.74 Å². The number of ether oxygens (including phenoxy) is 1. The topological polar surface area (TPSA) is 73.2 Å². The molecule has 0 fully saturated rings. The second-order valence-corrected chi connectivity index (χ2v) is 6.44. The minimum Gasteiger partial charge on any atom is -0.452 e. The van der Waals surface area contributed by atoms with Crippen LogP contribution >= 0.6 is 0 Å². The number of anilines is 1. The number of aromatic nitrogens is 2. The molecule has 0 saturated heterocycles. The number of nitrogens with one attached hydrogen (secondary N) is 1. The summed E-state index contributed by atoms with van der Waals surface area (Å²) in [4.78, 5) is 23.9. The number of aryl methyl sites for hydroxylation is 2. The van der Waals surface area contributed by atoms with E-state index in [1.165, 1.54) is 6.08 Å². The largest absolute Gasteiger partial charge is 0.452 e. The van der Waals surface area contributed by atoms with Crippen LogP contribution in [0.1, 0.15) is 42.3 Å². The number of amides is 1. The number of para-hydroxylation sites is 1. The lowest BCUT2D eigenvalue weighted by Crippen LogP contribution is -2.21. The van der Waals surface area contributed by atoms with Crippen LogP contribution in [0.25, 0.3) is 6.08 Å². The molecule has 26 heavy (non-hydrogen) atoms. The van der Waals surface area contributed by atoms with Crippen molar-refractivity contribution in [1.29, 1.82) is 0 Å². The van der Waals surface area contributed by atoms with Gasteiger partial charge in [-0.2, -0.15) is 5.10 Å². The highest BCUT2D eigenvalue weighted by molar-refractivity contribution is 5.95. The Morgan fingerprint density at radius 2 is 1.96 bits per heavy atom. The number of nitrogens with zero attached hydrogens (tertiary/aromatic N) is 2. The van der Waals surface area contributed by atoms with Gasteiger partial charge in [-0.15, -0.1) is 0 Å². The predicted octanol–water partition coefficient (Wildman–Crippen LogP) is 3.36. The molecule has 6 heteroatoms. The Hall–Kier alpha value is -2.89. The van der Waals surface area contributed by atoms with Crippen molar-refractivity contribution in [1.82, 2.24) is 9.78 Å². The average molecular weight is 355 g/mol. The zero-order valence-electron chi connectivity index (χ0n) is 15.9. The molecule has 0 atom stereocenters. The van der Waals surface area contributed by atoms with E-state index in [9.17, 15) is 9.59 Å². The Morgan fingerprint density at radius 1 is 1.27 bits per heavy atom. The maximum atomic E-state index is 12.1. The molecule has 0 unspecified atom stereocenters. The van der Waals surface area contributed by atoms with Crippen LogP contribution in [0.5, 0.6) is 0 Å². The molecule has 0 radical (unpaired) electrons. The fourth-order valence-corrected chi connectivity index (χ4v) is 2.67. The zero-order valence-corrected chi connectivity index (χ0v) is 15.9. The third-order valence-electron chi connectivity index (χ3n) is 4.15. The second kappa shape index (κ2) is 8.47. The molecular formula is C20H25N3O3. The Labute approximate surface area is 153 Å². The van der Waals surface area contributed by atoms with Gasteiger partial charge in [0.15, 0.2) is 6.61 Å². The van der Waals surface area contributed by atoms with E-state index >= 15 is 0 Å². The van der Waals surface area contributed by atoms with Gasteiger partial charge in [0.25, 0.3) is 5.91 Å². The number of benzene rings is 1. The van der Waals surface area contributed by atoms with Crippen molar-refractivity contribution in [2.45, 2.75) is 33.6 Å². The highest BCUT2D eigenvalue weighted by Crippen LogP contribution is 2.23. The lowest BCUT2D eigenvalue weighted by atomic mass is 10.0. The van der Waals surface area contributed by atoms with Crippen molar-refractivity contribution < 1.29 is 14.3 Å². The molecule has 1 aromatic heterocycles. The van der Waals surface area contributed by atoms with Crippen LogP contribution < -0.4 is 5.32 Å². The van der Waals surface area contributed by atoms with Gasteiger partial charge in [0.1, 0.15) is 0 Å². The Balaban J connectivity index is 1.91. The molecule has 1 N–H and O–H groups in total. The van der Waals surface area contributed by atoms with E-state index in [1.807, 2.05) is 45.2 Å². The Bertz CT molecular complexity index is 835. The van der Waals surface area contributed by atoms with Gasteiger partial charge in [-0.3, -0.25) is 9.48 Å². The molecule has 0 spiro atoms. The molecule has 1 aromatic carbocycles. The predicted molar refractivity (Wildman–Crippen MR) is 102 cm³/mol. The van der Waals surface area contributed by atoms with Gasteiger partial charge in [-0.05, 0) is 37.5 Å². The number of hydrogen-bond acceptors (Lipinski definition) is 4. The molecule has 0 bridgehead atoms. The van der Waals surface area contributed by atoms with Gasteiger partial charge in [-0.25, -0.2) is 4.79 Å². The molecule has 0 saturated carbocycles. The first-order valence-corrected chi connectivity index (χ1v) is 8.53. The summed E-state index contributed by atoms with van der Waals surface area (Å²) in [6.07, 6.45) is 2.97. The zero-order chi connectivity index (χ0) is 19.3. The Kier molecular flexibility index (Phi) is 6.33. The smallest absolute Gasteiger partial charge is 0.331 e. The normalized spacial score (nSPS) is 11.2. The number of hydrogen-bond donors (Lipinski definition) is 1. The van der Waals surface area contributed by atoms with E-state index in [0.717, 1.165) is 28.2 Å². The number of carbonyl (C=O) groups is 2. The fourth-order valence-electron chi connectivity index (χ4n) is 2.67. The molecule has 6 nitrogen and oxygen atoms in total. The van der Waals surface area contributed by atoms with Crippen molar-refractivity contribution in [2.24, 2.45) is 7.05 Å². The lowest BCUT2D eigenvalue weighted by molar-refractivity contribution is -0.142. The third-order valence-corrected chi connectivity index (χ3v) is 4.15. The van der Waals surface area contributed by atoms with E-state index < -0.39 is 5.97 Å². The molecule has 2 rings (SSSR count). The quantitative estimate of drug-likeness (QED) is 0.637. The highest BCUT2D eigenvalue weighted by atomic mass is 16.5. The van der Waals surface area contributed by atoms with Gasteiger partial charge in [0.2, 0.25) is 0 Å². The molecule has 2 aromatic rings. The summed E-state index contributed by atoms with van der Waals surface area (Å²) in [6, 6.07) is 7.59. The SMILES string of the molecule is Cc1nn(C)c(C)c1/C=C/C(=O)OCC(=O)Nc1ccccc1C(C)C. The van der Waals surface area contributed by atoms with Crippen LogP contribution in [0, 0.1) is 13.8 Å². The van der Waals surface area contributed by atoms with Crippen LogP contribution in [0.4, 0.5) is 5.69 Å². The maximum Gasteiger partial charge on any atom is 0.331 e. The summed E-state index contributed by atoms with van der Waals surface area (Å²) in [6.45, 7) is 7.57. The lowest BCUT2D eigenvalue weighted by Gasteiger charge is -2.13. The average Bonchev–Trinajstić information content (AvgIpc) is 2.83. The van der Waals surface area contributed by atoms with Crippen molar-refractivity contribution >= 4 is 23.6 Å². The van der Waals surface area contributed by atoms with Crippen LogP contribution in [0.3, 0.4) is 0 Å². The number of rotatable bonds is 6. The summed E-state index contributed by atoms with van der Waals surface area (Å²) in [7, 11) is 1.84. The minimum absolute atomic E-state index is 0.281. The summed E-state index contributed by atoms with van der Waals surface area (Å²) in [5.41, 5.74) is 4.43. The molecule has 0 aliphatic heterocycles. The highest BCUT2D eigenvalue weighted by Gasteiger charge is 2.11. The van der Waals surface area contributed by atoms with E-state index in [2.05, 4.69) is 24.3 Å². The first-order chi connectivity index (χ1) is 12.3. The molecule has 0 aliphatic rings. The number of carbonyl (C=O) groups excluding carboxylic acids is 2. The van der Waals surface area contributed by atoms with E-state index in [0.29, 0.717) is 0 Å². The first kappa shape index (κ1) is 19.4. The van der Waals surface area contributed by atoms with Crippen molar-refractivity contribution in [3.8, 4) is 0 Å². The fraction of sp³-hybridized carbons (Fsp3) is 0.350. The molecule has 1 amide bonds. The summed E-state index contributed by atoms with van der Waals surface area (Å²) >= 11 is 0. The summed E-state index contributed by atoms with van der Waals surface area (Å²) in [5.74, 6) is -0.656. The van der Waals surface area contributed by atoms with Crippen molar-refractivity contribution in [2.75, 3.05) is 11.9 Å². The van der Waals surface area contributed by atoms with Gasteiger partial charge in [0.05, 0.1) is 5.69 Å². The maximum absolute atomic E-state index is 12.1. The van der Waals surface area contributed by atoms with Crippen molar-refractivity contribution in [3.63, 3.8) is 0 Å². The summed E-state index contributed by atoms with van der Waals surface area (Å²) in [5, 5.41) is 7.07. The molecule has 1 heterocycles. The summed E-state index contributed by atoms with van der Waals surface area (Å²) < 4.78 is 6.77. The minimum atomic E-state index is -0.569. The molecule has 0 aliphatic carbocycles. The molecular weight excluding hydrogens is 330 g/mol. The van der Waals surface area contributed by atoms with Crippen LogP contribution in [0.2, 0.25) is 0 Å². The van der Waals surface area contributed by atoms with Crippen LogP contribution in [-0.2, 0) is 21.4 Å². The van der Waals surface area contributed by atoms with E-state index in [1.54, 1.807) is 10.8 Å². The standard InChI is InChI=1S/C20H25N3O3/c1-13(2)16-8-6-7-9-18(16)21-19(24)12-26-20(25)11-10-17-14(3)22-23(5)15(17)4/h6-11,13H,12H2,1-5H3,(H,21,24)/b11-10+. The van der Waals surface area contributed by atoms with Gasteiger partial charge in [-0.1, -0.05) is 32.0 Å². The Morgan fingerprint density at radius 3 is 2.58 bits per heavy atom. The monoisotopic (exact) mass is 355 g/mol. The second-order valence-electron chi connectivity index (χ2n) is 6.44. The van der Waals surface area contributed by atoms with Gasteiger partial charge < -0.3 is 10.1 Å². The van der Waals surface area contributed by atoms with E-state index in [-0.39, 0.29) is 18.4 Å². The number of esters is 1. The molecule has 138 valence electrons.